The number of carbonyl (C=O) groups is 1. The van der Waals surface area contributed by atoms with Crippen molar-refractivity contribution in [3.63, 3.8) is 0 Å². The predicted octanol–water partition coefficient (Wildman–Crippen LogP) is 0.931. The van der Waals surface area contributed by atoms with Crippen molar-refractivity contribution in [3.8, 4) is 0 Å². The summed E-state index contributed by atoms with van der Waals surface area (Å²) in [7, 11) is -3.86. The summed E-state index contributed by atoms with van der Waals surface area (Å²) in [5.41, 5.74) is 6.57. The van der Waals surface area contributed by atoms with Crippen LogP contribution in [0.1, 0.15) is 16.1 Å². The zero-order valence-corrected chi connectivity index (χ0v) is 13.2. The van der Waals surface area contributed by atoms with Crippen molar-refractivity contribution in [2.45, 2.75) is 4.90 Å². The molecule has 2 heterocycles. The van der Waals surface area contributed by atoms with Crippen LogP contribution >= 0.6 is 0 Å². The molecule has 8 heteroatoms. The highest BCUT2D eigenvalue weighted by Crippen LogP contribution is 2.31. The van der Waals surface area contributed by atoms with Gasteiger partial charge in [-0.1, -0.05) is 18.7 Å². The van der Waals surface area contributed by atoms with Crippen molar-refractivity contribution in [2.24, 2.45) is 5.73 Å². The van der Waals surface area contributed by atoms with Gasteiger partial charge in [0.05, 0.1) is 13.2 Å². The number of nitrogens with zero attached hydrogens (tertiary/aromatic N) is 1. The molecule has 2 aromatic rings. The van der Waals surface area contributed by atoms with Gasteiger partial charge in [0.1, 0.15) is 10.6 Å². The van der Waals surface area contributed by atoms with E-state index in [2.05, 4.69) is 11.6 Å². The third-order valence-corrected chi connectivity index (χ3v) is 5.81. The Labute approximate surface area is 133 Å². The third kappa shape index (κ3) is 2.65. The average molecular weight is 335 g/mol. The number of morpholine rings is 1. The van der Waals surface area contributed by atoms with Crippen molar-refractivity contribution >= 4 is 32.9 Å². The molecule has 0 unspecified atom stereocenters. The fourth-order valence-corrected chi connectivity index (χ4v) is 4.41. The second-order valence-electron chi connectivity index (χ2n) is 5.22. The van der Waals surface area contributed by atoms with Gasteiger partial charge in [-0.05, 0) is 17.7 Å². The fourth-order valence-electron chi connectivity index (χ4n) is 2.67. The number of nitrogens with two attached hydrogens (primary N) is 1. The van der Waals surface area contributed by atoms with Crippen LogP contribution < -0.4 is 5.73 Å². The smallest absolute Gasteiger partial charge is 0.266 e. The number of amides is 1. The maximum Gasteiger partial charge on any atom is 0.266 e. The van der Waals surface area contributed by atoms with Crippen LogP contribution in [0.5, 0.6) is 0 Å². The molecule has 3 N–H and O–H groups in total. The van der Waals surface area contributed by atoms with Gasteiger partial charge in [-0.3, -0.25) is 4.79 Å². The Balaban J connectivity index is 2.26. The minimum atomic E-state index is -3.86. The molecular weight excluding hydrogens is 318 g/mol. The van der Waals surface area contributed by atoms with E-state index in [0.29, 0.717) is 24.1 Å². The topological polar surface area (TPSA) is 105 Å². The van der Waals surface area contributed by atoms with Crippen molar-refractivity contribution in [1.29, 1.82) is 0 Å². The van der Waals surface area contributed by atoms with Gasteiger partial charge < -0.3 is 15.5 Å². The van der Waals surface area contributed by atoms with E-state index in [4.69, 9.17) is 10.5 Å². The van der Waals surface area contributed by atoms with Crippen LogP contribution in [0, 0.1) is 0 Å². The molecule has 0 spiro atoms. The SMILES string of the molecule is C=Cc1ccc2[nH]c(C(N)=O)c(S(=O)(=O)N3CCOCC3)c2c1. The molecule has 1 saturated heterocycles. The Hall–Kier alpha value is -2.16. The first-order valence-electron chi connectivity index (χ1n) is 7.11. The molecule has 23 heavy (non-hydrogen) atoms. The highest BCUT2D eigenvalue weighted by molar-refractivity contribution is 7.89. The van der Waals surface area contributed by atoms with Crippen molar-refractivity contribution in [1.82, 2.24) is 9.29 Å². The first kappa shape index (κ1) is 15.7. The molecule has 0 bridgehead atoms. The Morgan fingerprint density at radius 3 is 2.65 bits per heavy atom. The lowest BCUT2D eigenvalue weighted by Gasteiger charge is -2.26. The molecule has 1 aromatic carbocycles. The third-order valence-electron chi connectivity index (χ3n) is 3.83. The maximum absolute atomic E-state index is 13.0. The van der Waals surface area contributed by atoms with Gasteiger partial charge in [-0.15, -0.1) is 0 Å². The Bertz CT molecular complexity index is 880. The van der Waals surface area contributed by atoms with Gasteiger partial charge >= 0.3 is 0 Å². The Kier molecular flexibility index (Phi) is 3.97. The Morgan fingerprint density at radius 2 is 2.04 bits per heavy atom. The standard InChI is InChI=1S/C15H17N3O4S/c1-2-10-3-4-12-11(9-10)14(13(17-12)15(16)19)23(20,21)18-5-7-22-8-6-18/h2-4,9,17H,1,5-8H2,(H2,16,19). The number of aromatic amines is 1. The number of hydrogen-bond donors (Lipinski definition) is 2. The van der Waals surface area contributed by atoms with E-state index in [-0.39, 0.29) is 23.7 Å². The number of benzene rings is 1. The second-order valence-corrected chi connectivity index (χ2v) is 7.09. The van der Waals surface area contributed by atoms with Gasteiger partial charge in [0, 0.05) is 24.0 Å². The van der Waals surface area contributed by atoms with Crippen molar-refractivity contribution in [2.75, 3.05) is 26.3 Å². The molecule has 1 amide bonds. The van der Waals surface area contributed by atoms with E-state index >= 15 is 0 Å². The summed E-state index contributed by atoms with van der Waals surface area (Å²) in [6.07, 6.45) is 1.61. The van der Waals surface area contributed by atoms with Gasteiger partial charge in [-0.25, -0.2) is 8.42 Å². The van der Waals surface area contributed by atoms with Crippen LogP contribution in [0.25, 0.3) is 17.0 Å². The molecule has 0 saturated carbocycles. The molecule has 1 fully saturated rings. The van der Waals surface area contributed by atoms with Crippen LogP contribution in [-0.4, -0.2) is 49.9 Å². The molecule has 0 aliphatic carbocycles. The lowest BCUT2D eigenvalue weighted by Crippen LogP contribution is -2.41. The van der Waals surface area contributed by atoms with Crippen LogP contribution in [0.4, 0.5) is 0 Å². The fraction of sp³-hybridized carbons (Fsp3) is 0.267. The quantitative estimate of drug-likeness (QED) is 0.867. The zero-order chi connectivity index (χ0) is 16.6. The summed E-state index contributed by atoms with van der Waals surface area (Å²) in [5, 5.41) is 0.433. The number of primary amides is 1. The molecule has 1 aromatic heterocycles. The van der Waals surface area contributed by atoms with E-state index in [0.717, 1.165) is 5.56 Å². The highest BCUT2D eigenvalue weighted by atomic mass is 32.2. The number of carbonyl (C=O) groups excluding carboxylic acids is 1. The van der Waals surface area contributed by atoms with E-state index < -0.39 is 15.9 Å². The first-order valence-corrected chi connectivity index (χ1v) is 8.55. The van der Waals surface area contributed by atoms with Crippen LogP contribution in [0.15, 0.2) is 29.7 Å². The summed E-state index contributed by atoms with van der Waals surface area (Å²) < 4.78 is 32.5. The minimum absolute atomic E-state index is 0.0781. The number of sulfonamides is 1. The normalized spacial score (nSPS) is 16.5. The molecule has 1 aliphatic heterocycles. The summed E-state index contributed by atoms with van der Waals surface area (Å²) in [6.45, 7) is 4.82. The van der Waals surface area contributed by atoms with Crippen LogP contribution in [0.3, 0.4) is 0 Å². The lowest BCUT2D eigenvalue weighted by atomic mass is 10.1. The van der Waals surface area contributed by atoms with Gasteiger partial charge in [0.15, 0.2) is 0 Å². The maximum atomic E-state index is 13.0. The Morgan fingerprint density at radius 1 is 1.35 bits per heavy atom. The van der Waals surface area contributed by atoms with E-state index in [9.17, 15) is 13.2 Å². The first-order chi connectivity index (χ1) is 10.9. The molecule has 0 radical (unpaired) electrons. The largest absolute Gasteiger partial charge is 0.379 e. The van der Waals surface area contributed by atoms with E-state index in [1.807, 2.05) is 0 Å². The number of rotatable bonds is 4. The summed E-state index contributed by atoms with van der Waals surface area (Å²) in [5.74, 6) is -0.812. The number of fused-ring (bicyclic) bond motifs is 1. The number of nitrogens with one attached hydrogen (secondary N) is 1. The van der Waals surface area contributed by atoms with Crippen molar-refractivity contribution < 1.29 is 17.9 Å². The molecule has 7 nitrogen and oxygen atoms in total. The lowest BCUT2D eigenvalue weighted by molar-refractivity contribution is 0.0730. The zero-order valence-electron chi connectivity index (χ0n) is 12.4. The number of aromatic nitrogens is 1. The predicted molar refractivity (Wildman–Crippen MR) is 86.5 cm³/mol. The van der Waals surface area contributed by atoms with Crippen LogP contribution in [-0.2, 0) is 14.8 Å². The summed E-state index contributed by atoms with van der Waals surface area (Å²) in [4.78, 5) is 14.5. The van der Waals surface area contributed by atoms with Gasteiger partial charge in [0.25, 0.3) is 5.91 Å². The highest BCUT2D eigenvalue weighted by Gasteiger charge is 2.33. The second kappa shape index (κ2) is 5.80. The number of ether oxygens (including phenoxy) is 1. The molecule has 0 atom stereocenters. The summed E-state index contributed by atoms with van der Waals surface area (Å²) in [6, 6.07) is 5.16. The number of hydrogen-bond acceptors (Lipinski definition) is 4. The van der Waals surface area contributed by atoms with E-state index in [1.54, 1.807) is 24.3 Å². The molecule has 3 rings (SSSR count). The van der Waals surface area contributed by atoms with E-state index in [1.165, 1.54) is 4.31 Å². The number of H-pyrrole nitrogens is 1. The molecule has 122 valence electrons. The van der Waals surface area contributed by atoms with Gasteiger partial charge in [-0.2, -0.15) is 4.31 Å². The minimum Gasteiger partial charge on any atom is -0.379 e. The average Bonchev–Trinajstić information content (AvgIpc) is 2.95. The van der Waals surface area contributed by atoms with Crippen molar-refractivity contribution in [3.05, 3.63) is 36.0 Å². The summed E-state index contributed by atoms with van der Waals surface area (Å²) >= 11 is 0. The van der Waals surface area contributed by atoms with Gasteiger partial charge in [0.2, 0.25) is 10.0 Å². The monoisotopic (exact) mass is 335 g/mol. The van der Waals surface area contributed by atoms with Crippen LogP contribution in [0.2, 0.25) is 0 Å². The molecule has 1 aliphatic rings. The molecular formula is C15H17N3O4S.